The Kier molecular flexibility index (Phi) is 3.34. The molecular weight excluding hydrogens is 294 g/mol. The summed E-state index contributed by atoms with van der Waals surface area (Å²) in [5.41, 5.74) is 0.404. The first-order valence-corrected chi connectivity index (χ1v) is 7.33. The average Bonchev–Trinajstić information content (AvgIpc) is 2.55. The molecule has 3 N–H and O–H groups in total. The molecule has 0 spiro atoms. The third-order valence-corrected chi connectivity index (χ3v) is 3.01. The number of sulfonamides is 1. The second kappa shape index (κ2) is 4.67. The number of hydrogen-bond donors (Lipinski definition) is 3. The maximum Gasteiger partial charge on any atom is 0.253 e. The lowest BCUT2D eigenvalue weighted by molar-refractivity contribution is 0.410. The van der Waals surface area contributed by atoms with Crippen molar-refractivity contribution in [3.8, 4) is 22.8 Å². The predicted molar refractivity (Wildman–Crippen MR) is 71.0 cm³/mol. The Balaban J connectivity index is 2.52. The van der Waals surface area contributed by atoms with Gasteiger partial charge in [0, 0.05) is 10.6 Å². The molecule has 19 heavy (non-hydrogen) atoms. The minimum atomic E-state index is -3.63. The molecule has 0 saturated heterocycles. The van der Waals surface area contributed by atoms with E-state index < -0.39 is 27.4 Å². The fourth-order valence-electron chi connectivity index (χ4n) is 1.48. The standard InChI is InChI=1S/C11H10ClNO5S/c1-19(16,17)13-11-9(15)8(14)10(18-11)6-3-2-4-7(12)5-6/h2-5,13-15H,1H3. The third-order valence-electron chi connectivity index (χ3n) is 2.22. The number of rotatable bonds is 3. The molecule has 102 valence electrons. The van der Waals surface area contributed by atoms with Gasteiger partial charge in [0.25, 0.3) is 5.88 Å². The smallest absolute Gasteiger partial charge is 0.253 e. The highest BCUT2D eigenvalue weighted by Gasteiger charge is 2.22. The lowest BCUT2D eigenvalue weighted by atomic mass is 10.1. The maximum absolute atomic E-state index is 11.1. The first kappa shape index (κ1) is 13.6. The van der Waals surface area contributed by atoms with E-state index in [2.05, 4.69) is 0 Å². The van der Waals surface area contributed by atoms with Crippen LogP contribution in [-0.4, -0.2) is 24.9 Å². The summed E-state index contributed by atoms with van der Waals surface area (Å²) >= 11 is 5.80. The minimum absolute atomic E-state index is 0.0776. The molecular formula is C11H10ClNO5S. The van der Waals surface area contributed by atoms with Gasteiger partial charge in [-0.2, -0.15) is 0 Å². The summed E-state index contributed by atoms with van der Waals surface area (Å²) in [5.74, 6) is -1.77. The van der Waals surface area contributed by atoms with Gasteiger partial charge in [0.1, 0.15) is 0 Å². The number of furan rings is 1. The van der Waals surface area contributed by atoms with Gasteiger partial charge in [-0.1, -0.05) is 23.7 Å². The zero-order valence-corrected chi connectivity index (χ0v) is 11.3. The first-order valence-electron chi connectivity index (χ1n) is 5.06. The average molecular weight is 304 g/mol. The second-order valence-electron chi connectivity index (χ2n) is 3.84. The fraction of sp³-hybridized carbons (Fsp3) is 0.0909. The Morgan fingerprint density at radius 2 is 1.95 bits per heavy atom. The van der Waals surface area contributed by atoms with Crippen molar-refractivity contribution >= 4 is 27.5 Å². The summed E-state index contributed by atoms with van der Waals surface area (Å²) in [6.45, 7) is 0. The van der Waals surface area contributed by atoms with Crippen LogP contribution in [0.4, 0.5) is 5.88 Å². The first-order chi connectivity index (χ1) is 8.78. The minimum Gasteiger partial charge on any atom is -0.502 e. The normalized spacial score (nSPS) is 11.5. The number of anilines is 1. The van der Waals surface area contributed by atoms with E-state index in [0.717, 1.165) is 6.26 Å². The maximum atomic E-state index is 11.1. The predicted octanol–water partition coefficient (Wildman–Crippen LogP) is 2.38. The van der Waals surface area contributed by atoms with Crippen molar-refractivity contribution < 1.29 is 23.0 Å². The van der Waals surface area contributed by atoms with Crippen LogP contribution >= 0.6 is 11.6 Å². The molecule has 2 aromatic rings. The Hall–Kier alpha value is -1.86. The molecule has 8 heteroatoms. The van der Waals surface area contributed by atoms with Crippen LogP contribution < -0.4 is 4.72 Å². The van der Waals surface area contributed by atoms with Crippen molar-refractivity contribution in [2.45, 2.75) is 0 Å². The second-order valence-corrected chi connectivity index (χ2v) is 6.03. The van der Waals surface area contributed by atoms with Crippen molar-refractivity contribution in [3.63, 3.8) is 0 Å². The fourth-order valence-corrected chi connectivity index (χ4v) is 2.14. The summed E-state index contributed by atoms with van der Waals surface area (Å²) < 4.78 is 29.2. The van der Waals surface area contributed by atoms with E-state index in [9.17, 15) is 18.6 Å². The Bertz CT molecular complexity index is 723. The molecule has 0 amide bonds. The van der Waals surface area contributed by atoms with Crippen molar-refractivity contribution in [2.24, 2.45) is 0 Å². The molecule has 0 unspecified atom stereocenters. The van der Waals surface area contributed by atoms with Crippen molar-refractivity contribution in [1.29, 1.82) is 0 Å². The van der Waals surface area contributed by atoms with E-state index in [1.54, 1.807) is 18.2 Å². The van der Waals surface area contributed by atoms with Crippen LogP contribution in [0.3, 0.4) is 0 Å². The largest absolute Gasteiger partial charge is 0.502 e. The molecule has 0 aliphatic rings. The van der Waals surface area contributed by atoms with Crippen LogP contribution in [0.2, 0.25) is 5.02 Å². The number of hydrogen-bond acceptors (Lipinski definition) is 5. The molecule has 0 radical (unpaired) electrons. The van der Waals surface area contributed by atoms with Gasteiger partial charge in [-0.15, -0.1) is 0 Å². The zero-order valence-electron chi connectivity index (χ0n) is 9.71. The molecule has 1 aromatic carbocycles. The van der Waals surface area contributed by atoms with Crippen LogP contribution in [-0.2, 0) is 10.0 Å². The van der Waals surface area contributed by atoms with E-state index in [1.807, 2.05) is 4.72 Å². The molecule has 0 saturated carbocycles. The van der Waals surface area contributed by atoms with Crippen molar-refractivity contribution in [3.05, 3.63) is 29.3 Å². The zero-order chi connectivity index (χ0) is 14.2. The van der Waals surface area contributed by atoms with Crippen LogP contribution in [0.5, 0.6) is 11.5 Å². The van der Waals surface area contributed by atoms with Gasteiger partial charge in [0.15, 0.2) is 5.76 Å². The van der Waals surface area contributed by atoms with Crippen LogP contribution in [0, 0.1) is 0 Å². The van der Waals surface area contributed by atoms with Crippen LogP contribution in [0.15, 0.2) is 28.7 Å². The quantitative estimate of drug-likeness (QED) is 0.808. The van der Waals surface area contributed by atoms with Gasteiger partial charge in [-0.05, 0) is 12.1 Å². The summed E-state index contributed by atoms with van der Waals surface area (Å²) in [4.78, 5) is 0. The summed E-state index contributed by atoms with van der Waals surface area (Å²) in [7, 11) is -3.63. The SMILES string of the molecule is CS(=O)(=O)Nc1oc(-c2cccc(Cl)c2)c(O)c1O. The molecule has 6 nitrogen and oxygen atoms in total. The summed E-state index contributed by atoms with van der Waals surface area (Å²) in [6.07, 6.45) is 0.894. The van der Waals surface area contributed by atoms with Gasteiger partial charge < -0.3 is 14.6 Å². The lowest BCUT2D eigenvalue weighted by Crippen LogP contribution is -2.08. The van der Waals surface area contributed by atoms with E-state index in [1.165, 1.54) is 6.07 Å². The highest BCUT2D eigenvalue weighted by molar-refractivity contribution is 7.92. The Labute approximate surface area is 114 Å². The Morgan fingerprint density at radius 1 is 1.26 bits per heavy atom. The van der Waals surface area contributed by atoms with E-state index in [4.69, 9.17) is 16.0 Å². The molecule has 0 aliphatic heterocycles. The van der Waals surface area contributed by atoms with Gasteiger partial charge in [0.2, 0.25) is 21.5 Å². The molecule has 0 aliphatic carbocycles. The number of halogens is 1. The molecule has 0 bridgehead atoms. The molecule has 1 heterocycles. The van der Waals surface area contributed by atoms with Crippen LogP contribution in [0.1, 0.15) is 0 Å². The third kappa shape index (κ3) is 2.94. The lowest BCUT2D eigenvalue weighted by Gasteiger charge is -1.99. The number of benzene rings is 1. The van der Waals surface area contributed by atoms with Gasteiger partial charge >= 0.3 is 0 Å². The molecule has 0 fully saturated rings. The van der Waals surface area contributed by atoms with Gasteiger partial charge in [0.05, 0.1) is 6.26 Å². The summed E-state index contributed by atoms with van der Waals surface area (Å²) in [6, 6.07) is 6.35. The van der Waals surface area contributed by atoms with E-state index in [-0.39, 0.29) is 5.76 Å². The van der Waals surface area contributed by atoms with Gasteiger partial charge in [-0.3, -0.25) is 4.72 Å². The molecule has 0 atom stereocenters. The van der Waals surface area contributed by atoms with Crippen LogP contribution in [0.25, 0.3) is 11.3 Å². The van der Waals surface area contributed by atoms with Crippen molar-refractivity contribution in [1.82, 2.24) is 0 Å². The Morgan fingerprint density at radius 3 is 2.53 bits per heavy atom. The topological polar surface area (TPSA) is 99.8 Å². The van der Waals surface area contributed by atoms with Crippen molar-refractivity contribution in [2.75, 3.05) is 11.0 Å². The van der Waals surface area contributed by atoms with Gasteiger partial charge in [-0.25, -0.2) is 8.42 Å². The molecule has 2 rings (SSSR count). The number of nitrogens with one attached hydrogen (secondary N) is 1. The highest BCUT2D eigenvalue weighted by atomic mass is 35.5. The number of aromatic hydroxyl groups is 2. The molecule has 1 aromatic heterocycles. The van der Waals surface area contributed by atoms with E-state index >= 15 is 0 Å². The van der Waals surface area contributed by atoms with E-state index in [0.29, 0.717) is 10.6 Å². The highest BCUT2D eigenvalue weighted by Crippen LogP contribution is 2.45. The summed E-state index contributed by atoms with van der Waals surface area (Å²) in [5, 5.41) is 19.8. The monoisotopic (exact) mass is 303 g/mol.